The number of benzene rings is 2. The smallest absolute Gasteiger partial charge is 0.337 e. The van der Waals surface area contributed by atoms with Crippen LogP contribution < -0.4 is 14.8 Å². The summed E-state index contributed by atoms with van der Waals surface area (Å²) in [6, 6.07) is 8.07. The molecule has 7 heteroatoms. The third-order valence-electron chi connectivity index (χ3n) is 3.93. The van der Waals surface area contributed by atoms with Crippen LogP contribution in [0.2, 0.25) is 5.02 Å². The van der Waals surface area contributed by atoms with Crippen molar-refractivity contribution in [1.29, 1.82) is 0 Å². The molecule has 0 fully saturated rings. The van der Waals surface area contributed by atoms with Gasteiger partial charge >= 0.3 is 5.97 Å². The van der Waals surface area contributed by atoms with Gasteiger partial charge in [0.25, 0.3) is 5.91 Å². The lowest BCUT2D eigenvalue weighted by atomic mass is 10.1. The van der Waals surface area contributed by atoms with Crippen molar-refractivity contribution >= 4 is 29.2 Å². The van der Waals surface area contributed by atoms with Crippen LogP contribution in [-0.4, -0.2) is 32.2 Å². The maximum Gasteiger partial charge on any atom is 0.337 e. The Bertz CT molecular complexity index is 866. The monoisotopic (exact) mass is 405 g/mol. The van der Waals surface area contributed by atoms with Gasteiger partial charge < -0.3 is 19.5 Å². The number of nitrogens with one attached hydrogen (secondary N) is 1. The Balaban J connectivity index is 2.33. The topological polar surface area (TPSA) is 73.9 Å². The van der Waals surface area contributed by atoms with Gasteiger partial charge in [-0.25, -0.2) is 4.79 Å². The Hall–Kier alpha value is -2.73. The molecule has 0 spiro atoms. The second kappa shape index (κ2) is 9.99. The number of hydrogen-bond acceptors (Lipinski definition) is 5. The van der Waals surface area contributed by atoms with Gasteiger partial charge in [0.05, 0.1) is 30.9 Å². The SMILES string of the molecule is CCCOc1c(Cl)cc(C(=O)Nc2cc(C(=O)OC)ccc2C)cc1OCC. The minimum atomic E-state index is -0.477. The van der Waals surface area contributed by atoms with E-state index in [1.54, 1.807) is 24.3 Å². The normalized spacial score (nSPS) is 10.3. The van der Waals surface area contributed by atoms with E-state index in [2.05, 4.69) is 5.32 Å². The summed E-state index contributed by atoms with van der Waals surface area (Å²) in [5, 5.41) is 3.10. The van der Waals surface area contributed by atoms with Crippen molar-refractivity contribution in [3.8, 4) is 11.5 Å². The minimum Gasteiger partial charge on any atom is -0.490 e. The van der Waals surface area contributed by atoms with E-state index in [1.165, 1.54) is 13.2 Å². The number of carbonyl (C=O) groups excluding carboxylic acids is 2. The number of anilines is 1. The molecule has 2 aromatic carbocycles. The van der Waals surface area contributed by atoms with Gasteiger partial charge in [0, 0.05) is 11.3 Å². The molecule has 0 saturated heterocycles. The van der Waals surface area contributed by atoms with E-state index in [0.29, 0.717) is 46.5 Å². The Kier molecular flexibility index (Phi) is 7.70. The van der Waals surface area contributed by atoms with Crippen molar-refractivity contribution in [2.45, 2.75) is 27.2 Å². The lowest BCUT2D eigenvalue weighted by Crippen LogP contribution is -2.14. The summed E-state index contributed by atoms with van der Waals surface area (Å²) in [6.07, 6.45) is 0.819. The quantitative estimate of drug-likeness (QED) is 0.634. The molecule has 0 aliphatic carbocycles. The molecule has 0 aliphatic heterocycles. The van der Waals surface area contributed by atoms with Gasteiger partial charge in [0.2, 0.25) is 0 Å². The van der Waals surface area contributed by atoms with Crippen LogP contribution in [-0.2, 0) is 4.74 Å². The molecule has 0 bridgehead atoms. The fraction of sp³-hybridized carbons (Fsp3) is 0.333. The third-order valence-corrected chi connectivity index (χ3v) is 4.21. The summed E-state index contributed by atoms with van der Waals surface area (Å²) in [5.41, 5.74) is 1.98. The van der Waals surface area contributed by atoms with Gasteiger partial charge in [0.15, 0.2) is 11.5 Å². The predicted octanol–water partition coefficient (Wildman–Crippen LogP) is 4.87. The number of hydrogen-bond donors (Lipinski definition) is 1. The Morgan fingerprint density at radius 2 is 1.82 bits per heavy atom. The van der Waals surface area contributed by atoms with Crippen molar-refractivity contribution in [1.82, 2.24) is 0 Å². The molecule has 0 unspecified atom stereocenters. The van der Waals surface area contributed by atoms with Crippen LogP contribution in [0.1, 0.15) is 46.5 Å². The van der Waals surface area contributed by atoms with Crippen molar-refractivity contribution in [3.05, 3.63) is 52.0 Å². The lowest BCUT2D eigenvalue weighted by Gasteiger charge is -2.15. The molecule has 0 saturated carbocycles. The highest BCUT2D eigenvalue weighted by Crippen LogP contribution is 2.37. The zero-order valence-electron chi connectivity index (χ0n) is 16.4. The number of methoxy groups -OCH3 is 1. The molecule has 28 heavy (non-hydrogen) atoms. The number of rotatable bonds is 8. The summed E-state index contributed by atoms with van der Waals surface area (Å²) < 4.78 is 16.0. The minimum absolute atomic E-state index is 0.296. The van der Waals surface area contributed by atoms with Gasteiger partial charge in [-0.3, -0.25) is 4.79 Å². The largest absolute Gasteiger partial charge is 0.490 e. The number of carbonyl (C=O) groups is 2. The molecule has 0 heterocycles. The van der Waals surface area contributed by atoms with Crippen LogP contribution in [0.4, 0.5) is 5.69 Å². The maximum absolute atomic E-state index is 12.8. The first-order valence-electron chi connectivity index (χ1n) is 9.00. The molecule has 2 rings (SSSR count). The first-order chi connectivity index (χ1) is 13.4. The number of esters is 1. The molecule has 150 valence electrons. The average Bonchev–Trinajstić information content (AvgIpc) is 2.68. The maximum atomic E-state index is 12.8. The van der Waals surface area contributed by atoms with E-state index >= 15 is 0 Å². The second-order valence-corrected chi connectivity index (χ2v) is 6.45. The Morgan fingerprint density at radius 1 is 1.07 bits per heavy atom. The van der Waals surface area contributed by atoms with Crippen LogP contribution in [0.25, 0.3) is 0 Å². The number of ether oxygens (including phenoxy) is 3. The van der Waals surface area contributed by atoms with Crippen molar-refractivity contribution in [2.75, 3.05) is 25.6 Å². The molecular weight excluding hydrogens is 382 g/mol. The average molecular weight is 406 g/mol. The van der Waals surface area contributed by atoms with Crippen LogP contribution in [0.15, 0.2) is 30.3 Å². The fourth-order valence-electron chi connectivity index (χ4n) is 2.50. The first kappa shape index (κ1) is 21.6. The standard InChI is InChI=1S/C21H24ClNO5/c1-5-9-28-19-16(22)10-15(12-18(19)27-6-2)20(24)23-17-11-14(21(25)26-4)8-7-13(17)3/h7-8,10-12H,5-6,9H2,1-4H3,(H,23,24). The van der Waals surface area contributed by atoms with E-state index in [9.17, 15) is 9.59 Å². The molecule has 1 amide bonds. The fourth-order valence-corrected chi connectivity index (χ4v) is 2.77. The molecular formula is C21H24ClNO5. The summed E-state index contributed by atoms with van der Waals surface area (Å²) >= 11 is 6.32. The third kappa shape index (κ3) is 5.16. The van der Waals surface area contributed by atoms with Crippen LogP contribution in [0, 0.1) is 6.92 Å². The van der Waals surface area contributed by atoms with Gasteiger partial charge in [-0.05, 0) is 50.1 Å². The van der Waals surface area contributed by atoms with Crippen molar-refractivity contribution in [2.24, 2.45) is 0 Å². The van der Waals surface area contributed by atoms with Crippen molar-refractivity contribution < 1.29 is 23.8 Å². The van der Waals surface area contributed by atoms with Crippen molar-refractivity contribution in [3.63, 3.8) is 0 Å². The van der Waals surface area contributed by atoms with E-state index in [1.807, 2.05) is 20.8 Å². The van der Waals surface area contributed by atoms with E-state index in [4.69, 9.17) is 25.8 Å². The molecule has 0 aromatic heterocycles. The first-order valence-corrected chi connectivity index (χ1v) is 9.38. The molecule has 1 N–H and O–H groups in total. The van der Waals surface area contributed by atoms with E-state index < -0.39 is 5.97 Å². The molecule has 0 atom stereocenters. The van der Waals surface area contributed by atoms with Crippen LogP contribution in [0.3, 0.4) is 0 Å². The Morgan fingerprint density at radius 3 is 2.46 bits per heavy atom. The van der Waals surface area contributed by atoms with Gasteiger partial charge in [-0.1, -0.05) is 24.6 Å². The zero-order valence-corrected chi connectivity index (χ0v) is 17.2. The lowest BCUT2D eigenvalue weighted by molar-refractivity contribution is 0.0600. The van der Waals surface area contributed by atoms with Gasteiger partial charge in [-0.2, -0.15) is 0 Å². The summed E-state index contributed by atoms with van der Waals surface area (Å²) in [4.78, 5) is 24.5. The Labute approximate surface area is 169 Å². The molecule has 0 radical (unpaired) electrons. The second-order valence-electron chi connectivity index (χ2n) is 6.04. The number of aryl methyl sites for hydroxylation is 1. The van der Waals surface area contributed by atoms with Gasteiger partial charge in [0.1, 0.15) is 0 Å². The van der Waals surface area contributed by atoms with Crippen LogP contribution in [0.5, 0.6) is 11.5 Å². The van der Waals surface area contributed by atoms with E-state index in [-0.39, 0.29) is 5.91 Å². The number of halogens is 1. The highest BCUT2D eigenvalue weighted by Gasteiger charge is 2.17. The number of amides is 1. The summed E-state index contributed by atoms with van der Waals surface area (Å²) in [7, 11) is 1.31. The summed E-state index contributed by atoms with van der Waals surface area (Å²) in [5.74, 6) is -0.0240. The van der Waals surface area contributed by atoms with Crippen LogP contribution >= 0.6 is 11.6 Å². The molecule has 2 aromatic rings. The zero-order chi connectivity index (χ0) is 20.7. The highest BCUT2D eigenvalue weighted by molar-refractivity contribution is 6.32. The molecule has 0 aliphatic rings. The highest BCUT2D eigenvalue weighted by atomic mass is 35.5. The van der Waals surface area contributed by atoms with Gasteiger partial charge in [-0.15, -0.1) is 0 Å². The predicted molar refractivity (Wildman–Crippen MR) is 109 cm³/mol. The van der Waals surface area contributed by atoms with E-state index in [0.717, 1.165) is 12.0 Å². The molecule has 6 nitrogen and oxygen atoms in total. The summed E-state index contributed by atoms with van der Waals surface area (Å²) in [6.45, 7) is 6.55.